The van der Waals surface area contributed by atoms with Gasteiger partial charge in [0.2, 0.25) is 11.8 Å². The predicted octanol–water partition coefficient (Wildman–Crippen LogP) is 2.25. The third kappa shape index (κ3) is 3.67. The van der Waals surface area contributed by atoms with Crippen molar-refractivity contribution in [1.82, 2.24) is 9.80 Å². The van der Waals surface area contributed by atoms with Gasteiger partial charge in [-0.3, -0.25) is 9.59 Å². The van der Waals surface area contributed by atoms with Crippen molar-refractivity contribution in [3.63, 3.8) is 0 Å². The van der Waals surface area contributed by atoms with Crippen molar-refractivity contribution in [2.75, 3.05) is 26.2 Å². The summed E-state index contributed by atoms with van der Waals surface area (Å²) < 4.78 is 0. The van der Waals surface area contributed by atoms with Crippen LogP contribution in [-0.2, 0) is 16.0 Å². The Morgan fingerprint density at radius 2 is 2.00 bits per heavy atom. The molecular weight excluding hydrogens is 340 g/mol. The molecule has 0 aliphatic carbocycles. The average Bonchev–Trinajstić information content (AvgIpc) is 3.02. The number of rotatable bonds is 5. The van der Waals surface area contributed by atoms with Crippen LogP contribution in [-0.4, -0.2) is 58.5 Å². The Hall–Kier alpha value is -1.59. The van der Waals surface area contributed by atoms with E-state index >= 15 is 0 Å². The molecule has 2 heterocycles. The highest BCUT2D eigenvalue weighted by Crippen LogP contribution is 2.38. The fraction of sp³-hybridized carbons (Fsp3) is 0.579. The number of nitrogens with zero attached hydrogens (tertiary/aromatic N) is 2. The van der Waals surface area contributed by atoms with E-state index in [1.165, 1.54) is 0 Å². The molecule has 5 nitrogen and oxygen atoms in total. The molecule has 0 bridgehead atoms. The number of benzene rings is 1. The molecule has 1 atom stereocenters. The zero-order valence-corrected chi connectivity index (χ0v) is 15.2. The third-order valence-corrected chi connectivity index (χ3v) is 5.62. The summed E-state index contributed by atoms with van der Waals surface area (Å²) in [5.41, 5.74) is 0.352. The molecular formula is C19H25ClN2O3. The van der Waals surface area contributed by atoms with E-state index in [0.29, 0.717) is 37.5 Å². The van der Waals surface area contributed by atoms with Crippen molar-refractivity contribution < 1.29 is 14.7 Å². The lowest BCUT2D eigenvalue weighted by atomic mass is 9.85. The summed E-state index contributed by atoms with van der Waals surface area (Å²) in [4.78, 5) is 29.4. The number of aliphatic hydroxyl groups excluding tert-OH is 1. The highest BCUT2D eigenvalue weighted by atomic mass is 35.5. The summed E-state index contributed by atoms with van der Waals surface area (Å²) in [5, 5.41) is 9.86. The quantitative estimate of drug-likeness (QED) is 0.871. The predicted molar refractivity (Wildman–Crippen MR) is 96.4 cm³/mol. The maximum absolute atomic E-state index is 13.0. The van der Waals surface area contributed by atoms with Gasteiger partial charge in [0.05, 0.1) is 6.61 Å². The minimum atomic E-state index is -0.682. The number of hydrogen-bond acceptors (Lipinski definition) is 3. The van der Waals surface area contributed by atoms with Crippen molar-refractivity contribution in [2.45, 2.75) is 44.1 Å². The van der Waals surface area contributed by atoms with Gasteiger partial charge in [0.1, 0.15) is 5.54 Å². The molecule has 2 aliphatic rings. The Kier molecular flexibility index (Phi) is 5.64. The second-order valence-corrected chi connectivity index (χ2v) is 7.37. The van der Waals surface area contributed by atoms with E-state index in [0.717, 1.165) is 31.2 Å². The molecule has 2 fully saturated rings. The number of halogens is 1. The number of aryl methyl sites for hydroxylation is 1. The Bertz CT molecular complexity index is 649. The zero-order chi connectivity index (χ0) is 17.9. The summed E-state index contributed by atoms with van der Waals surface area (Å²) in [5.74, 6) is 0.0538. The van der Waals surface area contributed by atoms with Gasteiger partial charge in [-0.2, -0.15) is 0 Å². The summed E-state index contributed by atoms with van der Waals surface area (Å²) in [6, 6.07) is 7.55. The summed E-state index contributed by atoms with van der Waals surface area (Å²) >= 11 is 6.00. The first kappa shape index (κ1) is 18.2. The molecule has 25 heavy (non-hydrogen) atoms. The smallest absolute Gasteiger partial charge is 0.248 e. The molecule has 2 saturated heterocycles. The normalized spacial score (nSPS) is 23.5. The number of carbonyl (C=O) groups excluding carboxylic acids is 2. The van der Waals surface area contributed by atoms with Crippen LogP contribution in [0.4, 0.5) is 0 Å². The first-order chi connectivity index (χ1) is 12.1. The molecule has 1 spiro atoms. The van der Waals surface area contributed by atoms with Crippen molar-refractivity contribution in [3.8, 4) is 0 Å². The first-order valence-electron chi connectivity index (χ1n) is 9.02. The lowest BCUT2D eigenvalue weighted by Crippen LogP contribution is -2.61. The van der Waals surface area contributed by atoms with Gasteiger partial charge in [0.15, 0.2) is 0 Å². The molecule has 0 aromatic heterocycles. The number of hydrogen-bond donors (Lipinski definition) is 1. The van der Waals surface area contributed by atoms with E-state index in [1.807, 2.05) is 29.2 Å². The number of β-amino-alcohol motifs (C(OH)–C–C–N with tert-alkyl or cyclic N) is 1. The molecule has 1 unspecified atom stereocenters. The molecule has 3 rings (SSSR count). The van der Waals surface area contributed by atoms with Crippen LogP contribution in [0.25, 0.3) is 0 Å². The summed E-state index contributed by atoms with van der Waals surface area (Å²) in [6.07, 6.45) is 4.22. The number of aliphatic hydroxyl groups is 1. The summed E-state index contributed by atoms with van der Waals surface area (Å²) in [7, 11) is 0. The lowest BCUT2D eigenvalue weighted by Gasteiger charge is -2.44. The first-order valence-corrected chi connectivity index (χ1v) is 9.40. The Labute approximate surface area is 153 Å². The molecule has 0 radical (unpaired) electrons. The van der Waals surface area contributed by atoms with Gasteiger partial charge in [0.25, 0.3) is 0 Å². The van der Waals surface area contributed by atoms with Gasteiger partial charge in [-0.15, -0.1) is 0 Å². The molecule has 136 valence electrons. The van der Waals surface area contributed by atoms with Crippen LogP contribution in [0.2, 0.25) is 5.02 Å². The standard InChI is InChI=1S/C19H25ClN2O3/c20-16-5-1-4-15(14-16)6-7-17(24)22-11-3-9-19(22)8-2-10-21(12-13-23)18(19)25/h1,4-5,14,23H,2-3,6-13H2. The number of piperidine rings is 1. The maximum atomic E-state index is 13.0. The van der Waals surface area contributed by atoms with E-state index in [9.17, 15) is 14.7 Å². The highest BCUT2D eigenvalue weighted by Gasteiger charge is 2.52. The van der Waals surface area contributed by atoms with Gasteiger partial charge < -0.3 is 14.9 Å². The van der Waals surface area contributed by atoms with Crippen LogP contribution in [0.1, 0.15) is 37.7 Å². The van der Waals surface area contributed by atoms with E-state index in [-0.39, 0.29) is 18.4 Å². The molecule has 6 heteroatoms. The van der Waals surface area contributed by atoms with Crippen molar-refractivity contribution in [1.29, 1.82) is 0 Å². The fourth-order valence-corrected chi connectivity index (χ4v) is 4.42. The number of amides is 2. The van der Waals surface area contributed by atoms with Gasteiger partial charge in [-0.05, 0) is 49.8 Å². The maximum Gasteiger partial charge on any atom is 0.248 e. The van der Waals surface area contributed by atoms with E-state index in [1.54, 1.807) is 4.90 Å². The number of carbonyl (C=O) groups is 2. The molecule has 2 amide bonds. The lowest BCUT2D eigenvalue weighted by molar-refractivity contribution is -0.155. The van der Waals surface area contributed by atoms with Crippen LogP contribution >= 0.6 is 11.6 Å². The Morgan fingerprint density at radius 1 is 1.24 bits per heavy atom. The largest absolute Gasteiger partial charge is 0.395 e. The third-order valence-electron chi connectivity index (χ3n) is 5.38. The minimum absolute atomic E-state index is 0.0152. The van der Waals surface area contributed by atoms with Crippen molar-refractivity contribution in [3.05, 3.63) is 34.9 Å². The Balaban J connectivity index is 1.70. The van der Waals surface area contributed by atoms with Crippen LogP contribution in [0.5, 0.6) is 0 Å². The Morgan fingerprint density at radius 3 is 2.72 bits per heavy atom. The molecule has 1 aromatic carbocycles. The van der Waals surface area contributed by atoms with E-state index < -0.39 is 5.54 Å². The van der Waals surface area contributed by atoms with Gasteiger partial charge in [0, 0.05) is 31.1 Å². The van der Waals surface area contributed by atoms with E-state index in [2.05, 4.69) is 0 Å². The molecule has 1 aromatic rings. The topological polar surface area (TPSA) is 60.9 Å². The highest BCUT2D eigenvalue weighted by molar-refractivity contribution is 6.30. The summed E-state index contributed by atoms with van der Waals surface area (Å²) in [6.45, 7) is 1.63. The second-order valence-electron chi connectivity index (χ2n) is 6.93. The number of likely N-dealkylation sites (tertiary alicyclic amines) is 2. The van der Waals surface area contributed by atoms with Crippen LogP contribution < -0.4 is 0 Å². The molecule has 2 aliphatic heterocycles. The second kappa shape index (κ2) is 7.75. The SMILES string of the molecule is O=C(CCc1cccc(Cl)c1)N1CCCC12CCCN(CCO)C2=O. The molecule has 0 saturated carbocycles. The van der Waals surface area contributed by atoms with Gasteiger partial charge >= 0.3 is 0 Å². The van der Waals surface area contributed by atoms with Crippen molar-refractivity contribution in [2.24, 2.45) is 0 Å². The van der Waals surface area contributed by atoms with Gasteiger partial charge in [-0.1, -0.05) is 23.7 Å². The average molecular weight is 365 g/mol. The van der Waals surface area contributed by atoms with Gasteiger partial charge in [-0.25, -0.2) is 0 Å². The van der Waals surface area contributed by atoms with Crippen molar-refractivity contribution >= 4 is 23.4 Å². The fourth-order valence-electron chi connectivity index (χ4n) is 4.20. The van der Waals surface area contributed by atoms with Crippen LogP contribution in [0, 0.1) is 0 Å². The van der Waals surface area contributed by atoms with E-state index in [4.69, 9.17) is 11.6 Å². The zero-order valence-electron chi connectivity index (χ0n) is 14.4. The van der Waals surface area contributed by atoms with Crippen LogP contribution in [0.15, 0.2) is 24.3 Å². The van der Waals surface area contributed by atoms with Crippen LogP contribution in [0.3, 0.4) is 0 Å². The minimum Gasteiger partial charge on any atom is -0.395 e. The monoisotopic (exact) mass is 364 g/mol. The molecule has 1 N–H and O–H groups in total.